The summed E-state index contributed by atoms with van der Waals surface area (Å²) in [6.45, 7) is 10.2. The Kier molecular flexibility index (Phi) is 4.59. The third kappa shape index (κ3) is 3.21. The SMILES string of the molecule is CC(=O)C(C(C)=O)N1C(=O)NC(C)(c2ccc(C(C)(C)C)cc2)C1=O. The fourth-order valence-electron chi connectivity index (χ4n) is 3.04. The van der Waals surface area contributed by atoms with Crippen LogP contribution in [0.25, 0.3) is 0 Å². The third-order valence-corrected chi connectivity index (χ3v) is 4.58. The van der Waals surface area contributed by atoms with Crippen molar-refractivity contribution < 1.29 is 19.2 Å². The maximum absolute atomic E-state index is 12.9. The summed E-state index contributed by atoms with van der Waals surface area (Å²) in [5.74, 6) is -1.68. The van der Waals surface area contributed by atoms with E-state index in [1.807, 2.05) is 12.1 Å². The molecule has 1 unspecified atom stereocenters. The first-order valence-corrected chi connectivity index (χ1v) is 8.17. The number of nitrogens with zero attached hydrogens (tertiary/aromatic N) is 1. The molecular formula is C19H24N2O4. The van der Waals surface area contributed by atoms with Gasteiger partial charge in [0.15, 0.2) is 17.6 Å². The first kappa shape index (κ1) is 18.8. The maximum Gasteiger partial charge on any atom is 0.326 e. The van der Waals surface area contributed by atoms with Crippen LogP contribution in [0.3, 0.4) is 0 Å². The van der Waals surface area contributed by atoms with Crippen molar-refractivity contribution in [2.45, 2.75) is 58.5 Å². The first-order valence-electron chi connectivity index (χ1n) is 8.17. The zero-order chi connectivity index (χ0) is 19.2. The van der Waals surface area contributed by atoms with Crippen LogP contribution in [0.15, 0.2) is 24.3 Å². The molecule has 1 fully saturated rings. The molecule has 0 bridgehead atoms. The van der Waals surface area contributed by atoms with E-state index in [-0.39, 0.29) is 5.41 Å². The van der Waals surface area contributed by atoms with Crippen LogP contribution in [0.1, 0.15) is 52.7 Å². The molecule has 1 heterocycles. The number of imide groups is 1. The number of hydrogen-bond acceptors (Lipinski definition) is 4. The van der Waals surface area contributed by atoms with E-state index < -0.39 is 35.1 Å². The second-order valence-corrected chi connectivity index (χ2v) is 7.68. The Bertz CT molecular complexity index is 732. The smallest absolute Gasteiger partial charge is 0.319 e. The van der Waals surface area contributed by atoms with Crippen molar-refractivity contribution in [1.29, 1.82) is 0 Å². The molecule has 2 rings (SSSR count). The van der Waals surface area contributed by atoms with Crippen LogP contribution >= 0.6 is 0 Å². The van der Waals surface area contributed by atoms with Gasteiger partial charge in [-0.3, -0.25) is 14.4 Å². The lowest BCUT2D eigenvalue weighted by molar-refractivity contribution is -0.141. The number of carbonyl (C=O) groups is 4. The van der Waals surface area contributed by atoms with Gasteiger partial charge in [-0.15, -0.1) is 0 Å². The van der Waals surface area contributed by atoms with Crippen molar-refractivity contribution in [1.82, 2.24) is 10.2 Å². The molecule has 1 aromatic carbocycles. The molecule has 1 atom stereocenters. The number of hydrogen-bond donors (Lipinski definition) is 1. The lowest BCUT2D eigenvalue weighted by Crippen LogP contribution is -2.49. The molecule has 134 valence electrons. The molecule has 25 heavy (non-hydrogen) atoms. The van der Waals surface area contributed by atoms with Gasteiger partial charge in [-0.2, -0.15) is 0 Å². The van der Waals surface area contributed by atoms with E-state index in [2.05, 4.69) is 26.1 Å². The van der Waals surface area contributed by atoms with Gasteiger partial charge in [-0.05, 0) is 37.3 Å². The quantitative estimate of drug-likeness (QED) is 0.671. The number of benzene rings is 1. The minimum Gasteiger partial charge on any atom is -0.319 e. The number of urea groups is 1. The van der Waals surface area contributed by atoms with Gasteiger partial charge in [-0.25, -0.2) is 9.69 Å². The molecule has 6 nitrogen and oxygen atoms in total. The molecule has 1 aliphatic rings. The van der Waals surface area contributed by atoms with Crippen LogP contribution in [0, 0.1) is 0 Å². The van der Waals surface area contributed by atoms with Crippen molar-refractivity contribution in [3.8, 4) is 0 Å². The van der Waals surface area contributed by atoms with Crippen molar-refractivity contribution in [3.63, 3.8) is 0 Å². The summed E-state index contributed by atoms with van der Waals surface area (Å²) in [6, 6.07) is 5.29. The molecule has 0 radical (unpaired) electrons. The van der Waals surface area contributed by atoms with Crippen molar-refractivity contribution in [3.05, 3.63) is 35.4 Å². The van der Waals surface area contributed by atoms with Gasteiger partial charge < -0.3 is 5.32 Å². The Morgan fingerprint density at radius 3 is 1.92 bits per heavy atom. The van der Waals surface area contributed by atoms with E-state index in [4.69, 9.17) is 0 Å². The standard InChI is InChI=1S/C19H24N2O4/c1-11(22)15(12(2)23)21-16(24)19(6,20-17(21)25)14-9-7-13(8-10-14)18(3,4)5/h7-10,15H,1-6H3,(H,20,25). The van der Waals surface area contributed by atoms with Gasteiger partial charge in [0.25, 0.3) is 5.91 Å². The first-order chi connectivity index (χ1) is 11.4. The normalized spacial score (nSPS) is 20.8. The second-order valence-electron chi connectivity index (χ2n) is 7.68. The molecule has 3 amide bonds. The van der Waals surface area contributed by atoms with Gasteiger partial charge in [0.1, 0.15) is 5.54 Å². The monoisotopic (exact) mass is 344 g/mol. The molecule has 0 spiro atoms. The third-order valence-electron chi connectivity index (χ3n) is 4.58. The summed E-state index contributed by atoms with van der Waals surface area (Å²) in [4.78, 5) is 49.5. The Balaban J connectivity index is 2.43. The Hall–Kier alpha value is -2.50. The molecule has 1 N–H and O–H groups in total. The van der Waals surface area contributed by atoms with E-state index in [1.165, 1.54) is 13.8 Å². The summed E-state index contributed by atoms with van der Waals surface area (Å²) in [6.07, 6.45) is 0. The summed E-state index contributed by atoms with van der Waals surface area (Å²) >= 11 is 0. The molecule has 6 heteroatoms. The van der Waals surface area contributed by atoms with Crippen LogP contribution in [0.4, 0.5) is 4.79 Å². The minimum atomic E-state index is -1.39. The van der Waals surface area contributed by atoms with Gasteiger partial charge in [-0.1, -0.05) is 45.0 Å². The highest BCUT2D eigenvalue weighted by molar-refractivity contribution is 6.16. The zero-order valence-electron chi connectivity index (χ0n) is 15.5. The van der Waals surface area contributed by atoms with Gasteiger partial charge >= 0.3 is 6.03 Å². The van der Waals surface area contributed by atoms with Gasteiger partial charge in [0, 0.05) is 0 Å². The van der Waals surface area contributed by atoms with Crippen LogP contribution in [-0.2, 0) is 25.3 Å². The maximum atomic E-state index is 12.9. The molecule has 1 saturated heterocycles. The van der Waals surface area contributed by atoms with Crippen molar-refractivity contribution in [2.24, 2.45) is 0 Å². The largest absolute Gasteiger partial charge is 0.326 e. The van der Waals surface area contributed by atoms with Crippen LogP contribution in [-0.4, -0.2) is 34.4 Å². The average Bonchev–Trinajstić information content (AvgIpc) is 2.71. The number of amides is 3. The topological polar surface area (TPSA) is 83.6 Å². The van der Waals surface area contributed by atoms with E-state index in [1.54, 1.807) is 19.1 Å². The van der Waals surface area contributed by atoms with E-state index in [9.17, 15) is 19.2 Å². The van der Waals surface area contributed by atoms with Crippen LogP contribution < -0.4 is 5.32 Å². The van der Waals surface area contributed by atoms with Crippen LogP contribution in [0.2, 0.25) is 0 Å². The number of nitrogens with one attached hydrogen (secondary N) is 1. The lowest BCUT2D eigenvalue weighted by atomic mass is 9.84. The fourth-order valence-corrected chi connectivity index (χ4v) is 3.04. The van der Waals surface area contributed by atoms with Crippen molar-refractivity contribution in [2.75, 3.05) is 0 Å². The number of carbonyl (C=O) groups excluding carboxylic acids is 4. The van der Waals surface area contributed by atoms with Crippen LogP contribution in [0.5, 0.6) is 0 Å². The number of ketones is 2. The molecule has 0 aromatic heterocycles. The Morgan fingerprint density at radius 1 is 1.04 bits per heavy atom. The Labute approximate surface area is 147 Å². The highest BCUT2D eigenvalue weighted by atomic mass is 16.2. The molecular weight excluding hydrogens is 320 g/mol. The van der Waals surface area contributed by atoms with E-state index in [0.717, 1.165) is 10.5 Å². The summed E-state index contributed by atoms with van der Waals surface area (Å²) in [5.41, 5.74) is 0.352. The Morgan fingerprint density at radius 2 is 1.52 bits per heavy atom. The highest BCUT2D eigenvalue weighted by Crippen LogP contribution is 2.32. The molecule has 0 aliphatic carbocycles. The fraction of sp³-hybridized carbons (Fsp3) is 0.474. The van der Waals surface area contributed by atoms with Crippen molar-refractivity contribution >= 4 is 23.5 Å². The van der Waals surface area contributed by atoms with Gasteiger partial charge in [0.05, 0.1) is 0 Å². The predicted molar refractivity (Wildman–Crippen MR) is 93.0 cm³/mol. The second kappa shape index (κ2) is 6.10. The average molecular weight is 344 g/mol. The highest BCUT2D eigenvalue weighted by Gasteiger charge is 2.53. The lowest BCUT2D eigenvalue weighted by Gasteiger charge is -2.26. The summed E-state index contributed by atoms with van der Waals surface area (Å²) in [5, 5.41) is 2.63. The minimum absolute atomic E-state index is 0.0389. The molecule has 1 aromatic rings. The van der Waals surface area contributed by atoms with E-state index >= 15 is 0 Å². The zero-order valence-corrected chi connectivity index (χ0v) is 15.5. The van der Waals surface area contributed by atoms with E-state index in [0.29, 0.717) is 5.56 Å². The molecule has 0 saturated carbocycles. The summed E-state index contributed by atoms with van der Waals surface area (Å²) in [7, 11) is 0. The molecule has 1 aliphatic heterocycles. The van der Waals surface area contributed by atoms with Gasteiger partial charge in [0.2, 0.25) is 0 Å². The summed E-state index contributed by atoms with van der Waals surface area (Å²) < 4.78 is 0. The number of Topliss-reactive ketones (excluding diaryl/α,β-unsaturated/α-hetero) is 2. The number of rotatable bonds is 4. The predicted octanol–water partition coefficient (Wildman–Crippen LogP) is 2.30.